The summed E-state index contributed by atoms with van der Waals surface area (Å²) in [6, 6.07) is 13.1. The molecule has 2 aliphatic rings. The van der Waals surface area contributed by atoms with E-state index in [1.54, 1.807) is 0 Å². The van der Waals surface area contributed by atoms with Gasteiger partial charge in [0, 0.05) is 18.7 Å². The van der Waals surface area contributed by atoms with E-state index in [0.29, 0.717) is 6.10 Å². The highest BCUT2D eigenvalue weighted by Gasteiger charge is 2.20. The Morgan fingerprint density at radius 3 is 3.11 bits per heavy atom. The molecule has 2 aromatic rings. The third kappa shape index (κ3) is 1.71. The standard InChI is InChI=1S/C17H17NO/c1-11-9-13-10-12(5-6-17(13)19-11)14-3-2-4-16-15(14)7-8-18-16/h2-6,10-11,18H,7-9H2,1H3. The average molecular weight is 251 g/mol. The number of nitrogens with one attached hydrogen (secondary N) is 1. The molecule has 0 saturated heterocycles. The molecule has 0 aliphatic carbocycles. The van der Waals surface area contributed by atoms with Gasteiger partial charge in [-0.2, -0.15) is 0 Å². The van der Waals surface area contributed by atoms with Gasteiger partial charge in [-0.15, -0.1) is 0 Å². The van der Waals surface area contributed by atoms with Crippen LogP contribution < -0.4 is 10.1 Å². The van der Waals surface area contributed by atoms with E-state index in [1.165, 1.54) is 27.9 Å². The van der Waals surface area contributed by atoms with Crippen LogP contribution >= 0.6 is 0 Å². The Kier molecular flexibility index (Phi) is 2.31. The van der Waals surface area contributed by atoms with Gasteiger partial charge in [-0.1, -0.05) is 18.2 Å². The molecule has 0 fully saturated rings. The molecule has 2 aliphatic heterocycles. The molecule has 4 rings (SSSR count). The van der Waals surface area contributed by atoms with Crippen molar-refractivity contribution in [2.24, 2.45) is 0 Å². The fourth-order valence-electron chi connectivity index (χ4n) is 3.20. The third-order valence-corrected chi connectivity index (χ3v) is 4.07. The number of ether oxygens (including phenoxy) is 1. The van der Waals surface area contributed by atoms with Gasteiger partial charge >= 0.3 is 0 Å². The first kappa shape index (κ1) is 10.9. The Hall–Kier alpha value is -1.96. The number of fused-ring (bicyclic) bond motifs is 2. The van der Waals surface area contributed by atoms with Crippen molar-refractivity contribution in [2.45, 2.75) is 25.9 Å². The maximum Gasteiger partial charge on any atom is 0.123 e. The number of rotatable bonds is 1. The molecule has 96 valence electrons. The Balaban J connectivity index is 1.82. The maximum absolute atomic E-state index is 5.78. The highest BCUT2D eigenvalue weighted by atomic mass is 16.5. The topological polar surface area (TPSA) is 21.3 Å². The van der Waals surface area contributed by atoms with E-state index < -0.39 is 0 Å². The maximum atomic E-state index is 5.78. The summed E-state index contributed by atoms with van der Waals surface area (Å²) in [6.45, 7) is 3.18. The first-order valence-corrected chi connectivity index (χ1v) is 6.97. The molecular formula is C17H17NO. The molecular weight excluding hydrogens is 234 g/mol. The Bertz CT molecular complexity index is 648. The van der Waals surface area contributed by atoms with Crippen LogP contribution in [0, 0.1) is 0 Å². The summed E-state index contributed by atoms with van der Waals surface area (Å²) >= 11 is 0. The molecule has 0 aromatic heterocycles. The third-order valence-electron chi connectivity index (χ3n) is 4.07. The zero-order chi connectivity index (χ0) is 12.8. The molecule has 0 saturated carbocycles. The summed E-state index contributed by atoms with van der Waals surface area (Å²) in [5, 5.41) is 3.44. The zero-order valence-corrected chi connectivity index (χ0v) is 11.1. The van der Waals surface area contributed by atoms with Gasteiger partial charge in [0.25, 0.3) is 0 Å². The van der Waals surface area contributed by atoms with Crippen molar-refractivity contribution >= 4 is 5.69 Å². The summed E-state index contributed by atoms with van der Waals surface area (Å²) in [5.41, 5.74) is 6.77. The van der Waals surface area contributed by atoms with Gasteiger partial charge in [0.2, 0.25) is 0 Å². The molecule has 1 N–H and O–H groups in total. The molecule has 2 heterocycles. The summed E-state index contributed by atoms with van der Waals surface area (Å²) < 4.78 is 5.78. The van der Waals surface area contributed by atoms with Crippen LogP contribution in [0.2, 0.25) is 0 Å². The van der Waals surface area contributed by atoms with E-state index in [1.807, 2.05) is 0 Å². The van der Waals surface area contributed by atoms with Gasteiger partial charge in [0.15, 0.2) is 0 Å². The molecule has 0 spiro atoms. The molecule has 0 amide bonds. The second kappa shape index (κ2) is 4.02. The van der Waals surface area contributed by atoms with Crippen LogP contribution in [0.3, 0.4) is 0 Å². The smallest absolute Gasteiger partial charge is 0.123 e. The predicted octanol–water partition coefficient (Wildman–Crippen LogP) is 3.65. The molecule has 2 aromatic carbocycles. The van der Waals surface area contributed by atoms with Gasteiger partial charge in [0.1, 0.15) is 11.9 Å². The quantitative estimate of drug-likeness (QED) is 0.835. The van der Waals surface area contributed by atoms with Crippen molar-refractivity contribution in [3.8, 4) is 16.9 Å². The van der Waals surface area contributed by atoms with Crippen LogP contribution in [0.5, 0.6) is 5.75 Å². The van der Waals surface area contributed by atoms with Gasteiger partial charge in [0.05, 0.1) is 0 Å². The van der Waals surface area contributed by atoms with E-state index >= 15 is 0 Å². The molecule has 1 atom stereocenters. The summed E-state index contributed by atoms with van der Waals surface area (Å²) in [5.74, 6) is 1.06. The van der Waals surface area contributed by atoms with Gasteiger partial charge in [-0.05, 0) is 53.8 Å². The lowest BCUT2D eigenvalue weighted by atomic mass is 9.96. The molecule has 2 nitrogen and oxygen atoms in total. The Morgan fingerprint density at radius 2 is 2.16 bits per heavy atom. The van der Waals surface area contributed by atoms with E-state index in [-0.39, 0.29) is 0 Å². The summed E-state index contributed by atoms with van der Waals surface area (Å²) in [4.78, 5) is 0. The van der Waals surface area contributed by atoms with Crippen LogP contribution in [-0.2, 0) is 12.8 Å². The van der Waals surface area contributed by atoms with Crippen molar-refractivity contribution < 1.29 is 4.74 Å². The van der Waals surface area contributed by atoms with Gasteiger partial charge in [-0.25, -0.2) is 0 Å². The first-order valence-electron chi connectivity index (χ1n) is 6.97. The Labute approximate surface area is 113 Å². The summed E-state index contributed by atoms with van der Waals surface area (Å²) in [7, 11) is 0. The van der Waals surface area contributed by atoms with Crippen molar-refractivity contribution in [3.63, 3.8) is 0 Å². The predicted molar refractivity (Wildman–Crippen MR) is 77.9 cm³/mol. The number of benzene rings is 2. The molecule has 2 heteroatoms. The first-order chi connectivity index (χ1) is 9.31. The minimum absolute atomic E-state index is 0.313. The molecule has 1 unspecified atom stereocenters. The van der Waals surface area contributed by atoms with Crippen molar-refractivity contribution in [1.82, 2.24) is 0 Å². The van der Waals surface area contributed by atoms with Gasteiger partial charge in [-0.3, -0.25) is 0 Å². The molecule has 0 bridgehead atoms. The second-order valence-corrected chi connectivity index (χ2v) is 5.46. The molecule has 0 radical (unpaired) electrons. The highest BCUT2D eigenvalue weighted by Crippen LogP contribution is 2.37. The van der Waals surface area contributed by atoms with E-state index in [0.717, 1.165) is 25.1 Å². The van der Waals surface area contributed by atoms with Gasteiger partial charge < -0.3 is 10.1 Å². The normalized spacial score (nSPS) is 19.5. The number of hydrogen-bond acceptors (Lipinski definition) is 2. The van der Waals surface area contributed by atoms with Crippen LogP contribution in [0.25, 0.3) is 11.1 Å². The lowest BCUT2D eigenvalue weighted by Crippen LogP contribution is -2.05. The molecule has 19 heavy (non-hydrogen) atoms. The monoisotopic (exact) mass is 251 g/mol. The number of hydrogen-bond donors (Lipinski definition) is 1. The fourth-order valence-corrected chi connectivity index (χ4v) is 3.20. The summed E-state index contributed by atoms with van der Waals surface area (Å²) in [6.07, 6.45) is 2.46. The van der Waals surface area contributed by atoms with Crippen molar-refractivity contribution in [1.29, 1.82) is 0 Å². The van der Waals surface area contributed by atoms with Crippen LogP contribution in [0.4, 0.5) is 5.69 Å². The Morgan fingerprint density at radius 1 is 1.21 bits per heavy atom. The number of anilines is 1. The van der Waals surface area contributed by atoms with Crippen LogP contribution in [0.15, 0.2) is 36.4 Å². The lowest BCUT2D eigenvalue weighted by molar-refractivity contribution is 0.254. The van der Waals surface area contributed by atoms with Crippen molar-refractivity contribution in [3.05, 3.63) is 47.5 Å². The van der Waals surface area contributed by atoms with E-state index in [4.69, 9.17) is 4.74 Å². The SMILES string of the molecule is CC1Cc2cc(-c3cccc4c3CCN4)ccc2O1. The van der Waals surface area contributed by atoms with Crippen LogP contribution in [0.1, 0.15) is 18.1 Å². The minimum atomic E-state index is 0.313. The van der Waals surface area contributed by atoms with Crippen LogP contribution in [-0.4, -0.2) is 12.6 Å². The minimum Gasteiger partial charge on any atom is -0.490 e. The zero-order valence-electron chi connectivity index (χ0n) is 11.1. The van der Waals surface area contributed by atoms with E-state index in [9.17, 15) is 0 Å². The average Bonchev–Trinajstić information content (AvgIpc) is 3.01. The fraction of sp³-hybridized carbons (Fsp3) is 0.294. The van der Waals surface area contributed by atoms with Crippen molar-refractivity contribution in [2.75, 3.05) is 11.9 Å². The largest absolute Gasteiger partial charge is 0.490 e. The lowest BCUT2D eigenvalue weighted by Gasteiger charge is -2.09. The van der Waals surface area contributed by atoms with E-state index in [2.05, 4.69) is 48.6 Å². The second-order valence-electron chi connectivity index (χ2n) is 5.46. The highest BCUT2D eigenvalue weighted by molar-refractivity contribution is 5.76.